The zero-order chi connectivity index (χ0) is 8.97. The van der Waals surface area contributed by atoms with Crippen molar-refractivity contribution in [1.29, 1.82) is 5.26 Å². The molecule has 68 valence electrons. The van der Waals surface area contributed by atoms with Crippen molar-refractivity contribution in [3.05, 3.63) is 0 Å². The van der Waals surface area contributed by atoms with Crippen molar-refractivity contribution in [2.45, 2.75) is 18.9 Å². The summed E-state index contributed by atoms with van der Waals surface area (Å²) in [5.74, 6) is 0.552. The van der Waals surface area contributed by atoms with Gasteiger partial charge in [0.05, 0.1) is 12.1 Å². The molecule has 1 N–H and O–H groups in total. The van der Waals surface area contributed by atoms with E-state index in [0.29, 0.717) is 5.92 Å². The Labute approximate surface area is 74.4 Å². The fourth-order valence-electron chi connectivity index (χ4n) is 1.77. The maximum absolute atomic E-state index is 8.82. The van der Waals surface area contributed by atoms with Crippen LogP contribution in [0.3, 0.4) is 0 Å². The molecule has 1 aliphatic heterocycles. The second kappa shape index (κ2) is 4.44. The van der Waals surface area contributed by atoms with E-state index in [-0.39, 0.29) is 6.04 Å². The van der Waals surface area contributed by atoms with Gasteiger partial charge in [0.1, 0.15) is 0 Å². The Kier molecular flexibility index (Phi) is 3.51. The molecule has 1 rings (SSSR count). The van der Waals surface area contributed by atoms with Crippen molar-refractivity contribution >= 4 is 0 Å². The Hall–Kier alpha value is -0.590. The largest absolute Gasteiger partial charge is 0.306 e. The summed E-state index contributed by atoms with van der Waals surface area (Å²) in [6.07, 6.45) is 2.30. The monoisotopic (exact) mass is 167 g/mol. The Morgan fingerprint density at radius 2 is 2.08 bits per heavy atom. The molecule has 0 aromatic carbocycles. The van der Waals surface area contributed by atoms with Crippen LogP contribution in [0.4, 0.5) is 0 Å². The van der Waals surface area contributed by atoms with Gasteiger partial charge in [-0.3, -0.25) is 0 Å². The average molecular weight is 167 g/mol. The van der Waals surface area contributed by atoms with Gasteiger partial charge in [-0.15, -0.1) is 0 Å². The van der Waals surface area contributed by atoms with E-state index in [2.05, 4.69) is 23.3 Å². The lowest BCUT2D eigenvalue weighted by atomic mass is 9.90. The van der Waals surface area contributed by atoms with E-state index in [0.717, 1.165) is 25.9 Å². The lowest BCUT2D eigenvalue weighted by Crippen LogP contribution is -2.40. The highest BCUT2D eigenvalue weighted by molar-refractivity contribution is 4.95. The van der Waals surface area contributed by atoms with Crippen LogP contribution >= 0.6 is 0 Å². The summed E-state index contributed by atoms with van der Waals surface area (Å²) in [7, 11) is 4.00. The van der Waals surface area contributed by atoms with E-state index in [1.165, 1.54) is 0 Å². The van der Waals surface area contributed by atoms with Crippen molar-refractivity contribution in [3.8, 4) is 6.07 Å². The molecule has 0 bridgehead atoms. The Bertz CT molecular complexity index is 165. The smallest absolute Gasteiger partial charge is 0.0979 e. The van der Waals surface area contributed by atoms with Crippen LogP contribution in [0.15, 0.2) is 0 Å². The quantitative estimate of drug-likeness (QED) is 0.648. The van der Waals surface area contributed by atoms with E-state index in [1.807, 2.05) is 7.05 Å². The molecular formula is C9H17N3. The van der Waals surface area contributed by atoms with Gasteiger partial charge in [0.2, 0.25) is 0 Å². The van der Waals surface area contributed by atoms with Crippen molar-refractivity contribution in [3.63, 3.8) is 0 Å². The highest BCUT2D eigenvalue weighted by Gasteiger charge is 2.23. The van der Waals surface area contributed by atoms with Crippen LogP contribution in [0.5, 0.6) is 0 Å². The lowest BCUT2D eigenvalue weighted by Gasteiger charge is -2.31. The topological polar surface area (TPSA) is 39.1 Å². The molecule has 1 unspecified atom stereocenters. The predicted molar refractivity (Wildman–Crippen MR) is 48.7 cm³/mol. The number of nitrogens with zero attached hydrogens (tertiary/aromatic N) is 2. The first kappa shape index (κ1) is 9.50. The molecule has 0 aromatic rings. The molecule has 0 radical (unpaired) electrons. The third-order valence-corrected chi connectivity index (χ3v) is 2.68. The number of likely N-dealkylation sites (tertiary alicyclic amines) is 1. The predicted octanol–water partition coefficient (Wildman–Crippen LogP) is 0.440. The molecular weight excluding hydrogens is 150 g/mol. The summed E-state index contributed by atoms with van der Waals surface area (Å²) < 4.78 is 0. The van der Waals surface area contributed by atoms with Gasteiger partial charge in [0.15, 0.2) is 0 Å². The van der Waals surface area contributed by atoms with Gasteiger partial charge >= 0.3 is 0 Å². The highest BCUT2D eigenvalue weighted by Crippen LogP contribution is 2.18. The molecule has 1 aliphatic rings. The van der Waals surface area contributed by atoms with Gasteiger partial charge in [0, 0.05) is 0 Å². The number of hydrogen-bond acceptors (Lipinski definition) is 3. The molecule has 0 saturated carbocycles. The fourth-order valence-corrected chi connectivity index (χ4v) is 1.77. The summed E-state index contributed by atoms with van der Waals surface area (Å²) in [6.45, 7) is 2.26. The van der Waals surface area contributed by atoms with E-state index >= 15 is 0 Å². The van der Waals surface area contributed by atoms with E-state index in [4.69, 9.17) is 5.26 Å². The normalized spacial score (nSPS) is 23.4. The summed E-state index contributed by atoms with van der Waals surface area (Å²) in [4.78, 5) is 2.32. The zero-order valence-corrected chi connectivity index (χ0v) is 7.88. The van der Waals surface area contributed by atoms with Gasteiger partial charge in [-0.2, -0.15) is 5.26 Å². The maximum Gasteiger partial charge on any atom is 0.0979 e. The first-order chi connectivity index (χ1) is 5.77. The Morgan fingerprint density at radius 1 is 1.50 bits per heavy atom. The molecule has 0 amide bonds. The number of nitriles is 1. The van der Waals surface area contributed by atoms with Gasteiger partial charge < -0.3 is 10.2 Å². The summed E-state index contributed by atoms with van der Waals surface area (Å²) in [6, 6.07) is 2.36. The molecule has 0 aliphatic carbocycles. The van der Waals surface area contributed by atoms with E-state index in [9.17, 15) is 0 Å². The summed E-state index contributed by atoms with van der Waals surface area (Å²) in [5.41, 5.74) is 0. The molecule has 1 fully saturated rings. The molecule has 1 atom stereocenters. The van der Waals surface area contributed by atoms with Crippen molar-refractivity contribution in [1.82, 2.24) is 10.2 Å². The summed E-state index contributed by atoms with van der Waals surface area (Å²) >= 11 is 0. The van der Waals surface area contributed by atoms with E-state index < -0.39 is 0 Å². The van der Waals surface area contributed by atoms with Gasteiger partial charge in [-0.25, -0.2) is 0 Å². The van der Waals surface area contributed by atoms with Crippen LogP contribution in [-0.2, 0) is 0 Å². The maximum atomic E-state index is 8.82. The zero-order valence-electron chi connectivity index (χ0n) is 7.88. The Balaban J connectivity index is 2.39. The van der Waals surface area contributed by atoms with Crippen LogP contribution in [0, 0.1) is 17.2 Å². The third kappa shape index (κ3) is 2.20. The minimum absolute atomic E-state index is 0.0544. The minimum atomic E-state index is 0.0544. The molecule has 1 heterocycles. The van der Waals surface area contributed by atoms with Crippen LogP contribution in [0.25, 0.3) is 0 Å². The van der Waals surface area contributed by atoms with Gasteiger partial charge in [0.25, 0.3) is 0 Å². The number of hydrogen-bond donors (Lipinski definition) is 1. The number of piperidine rings is 1. The van der Waals surface area contributed by atoms with Crippen LogP contribution in [-0.4, -0.2) is 38.1 Å². The Morgan fingerprint density at radius 3 is 2.50 bits per heavy atom. The average Bonchev–Trinajstić information content (AvgIpc) is 2.10. The SMILES string of the molecule is CNC(C#N)C1CCN(C)CC1. The van der Waals surface area contributed by atoms with Crippen LogP contribution in [0.2, 0.25) is 0 Å². The minimum Gasteiger partial charge on any atom is -0.306 e. The van der Waals surface area contributed by atoms with Crippen molar-refractivity contribution < 1.29 is 0 Å². The first-order valence-electron chi connectivity index (χ1n) is 4.53. The van der Waals surface area contributed by atoms with Gasteiger partial charge in [-0.05, 0) is 45.9 Å². The highest BCUT2D eigenvalue weighted by atomic mass is 15.1. The second-order valence-electron chi connectivity index (χ2n) is 3.54. The van der Waals surface area contributed by atoms with Gasteiger partial charge in [-0.1, -0.05) is 0 Å². The lowest BCUT2D eigenvalue weighted by molar-refractivity contribution is 0.203. The fraction of sp³-hybridized carbons (Fsp3) is 0.889. The van der Waals surface area contributed by atoms with E-state index in [1.54, 1.807) is 0 Å². The van der Waals surface area contributed by atoms with Crippen molar-refractivity contribution in [2.75, 3.05) is 27.2 Å². The molecule has 3 nitrogen and oxygen atoms in total. The van der Waals surface area contributed by atoms with Crippen LogP contribution in [0.1, 0.15) is 12.8 Å². The molecule has 1 saturated heterocycles. The number of nitrogens with one attached hydrogen (secondary N) is 1. The first-order valence-corrected chi connectivity index (χ1v) is 4.53. The third-order valence-electron chi connectivity index (χ3n) is 2.68. The van der Waals surface area contributed by atoms with Crippen molar-refractivity contribution in [2.24, 2.45) is 5.92 Å². The second-order valence-corrected chi connectivity index (χ2v) is 3.54. The number of rotatable bonds is 2. The van der Waals surface area contributed by atoms with Crippen LogP contribution < -0.4 is 5.32 Å². The molecule has 0 aromatic heterocycles. The summed E-state index contributed by atoms with van der Waals surface area (Å²) in [5, 5.41) is 11.9. The molecule has 3 heteroatoms. The molecule has 12 heavy (non-hydrogen) atoms. The standard InChI is InChI=1S/C9H17N3/c1-11-9(7-10)8-3-5-12(2)6-4-8/h8-9,11H,3-6H2,1-2H3. The molecule has 0 spiro atoms.